The lowest BCUT2D eigenvalue weighted by Crippen LogP contribution is -2.54. The minimum absolute atomic E-state index is 0.0205. The van der Waals surface area contributed by atoms with E-state index in [-0.39, 0.29) is 35.1 Å². The molecule has 1 unspecified atom stereocenters. The number of amides is 5. The van der Waals surface area contributed by atoms with Crippen molar-refractivity contribution < 1.29 is 33.1 Å². The maximum absolute atomic E-state index is 13.8. The van der Waals surface area contributed by atoms with Gasteiger partial charge in [-0.2, -0.15) is 0 Å². The molecule has 3 fully saturated rings. The number of piperidine rings is 2. The zero-order chi connectivity index (χ0) is 46.2. The van der Waals surface area contributed by atoms with Crippen LogP contribution in [0.5, 0.6) is 5.75 Å². The van der Waals surface area contributed by atoms with Crippen LogP contribution in [-0.2, 0) is 25.7 Å². The van der Waals surface area contributed by atoms with Crippen LogP contribution in [0.2, 0.25) is 5.02 Å². The van der Waals surface area contributed by atoms with Crippen molar-refractivity contribution in [3.05, 3.63) is 89.5 Å². The van der Waals surface area contributed by atoms with Crippen LogP contribution < -0.4 is 20.7 Å². The Morgan fingerprint density at radius 3 is 2.56 bits per heavy atom. The van der Waals surface area contributed by atoms with E-state index in [1.54, 1.807) is 34.9 Å². The third kappa shape index (κ3) is 11.3. The zero-order valence-electron chi connectivity index (χ0n) is 36.9. The van der Waals surface area contributed by atoms with E-state index in [9.17, 15) is 28.4 Å². The SMILES string of the molecule is C=CC(=O)Nc1cc2c(Nc3ccc(F)c(Cl)c3)ncnc2cc1OCCCN1CCC(N2CCN(C(=O)CCCCCSc3cccc4c3CN(C3CCC(=O)NC3=O)C4=O)CC2)CC1. The number of aromatic nitrogens is 2. The molecule has 1 aromatic heterocycles. The topological polar surface area (TPSA) is 169 Å². The van der Waals surface area contributed by atoms with Gasteiger partial charge in [-0.1, -0.05) is 30.7 Å². The molecule has 4 aliphatic heterocycles. The number of rotatable bonds is 18. The molecule has 18 heteroatoms. The summed E-state index contributed by atoms with van der Waals surface area (Å²) >= 11 is 7.70. The largest absolute Gasteiger partial charge is 0.491 e. The van der Waals surface area contributed by atoms with Gasteiger partial charge in [0.05, 0.1) is 22.8 Å². The average molecular weight is 941 g/mol. The number of carbonyl (C=O) groups excluding carboxylic acids is 5. The van der Waals surface area contributed by atoms with Crippen LogP contribution in [0.25, 0.3) is 10.9 Å². The highest BCUT2D eigenvalue weighted by atomic mass is 35.5. The Morgan fingerprint density at radius 2 is 1.79 bits per heavy atom. The Morgan fingerprint density at radius 1 is 0.970 bits per heavy atom. The van der Waals surface area contributed by atoms with E-state index in [0.29, 0.717) is 71.4 Å². The van der Waals surface area contributed by atoms with E-state index >= 15 is 0 Å². The van der Waals surface area contributed by atoms with Gasteiger partial charge in [0.15, 0.2) is 0 Å². The molecular weight excluding hydrogens is 885 g/mol. The molecule has 1 atom stereocenters. The summed E-state index contributed by atoms with van der Waals surface area (Å²) in [6, 6.07) is 13.4. The number of anilines is 3. The summed E-state index contributed by atoms with van der Waals surface area (Å²) in [5.41, 5.74) is 3.17. The van der Waals surface area contributed by atoms with Gasteiger partial charge in [0.1, 0.15) is 29.8 Å². The number of nitrogens with one attached hydrogen (secondary N) is 3. The van der Waals surface area contributed by atoms with Gasteiger partial charge < -0.3 is 30.1 Å². The number of benzene rings is 3. The summed E-state index contributed by atoms with van der Waals surface area (Å²) in [6.07, 6.45) is 9.45. The summed E-state index contributed by atoms with van der Waals surface area (Å²) < 4.78 is 20.0. The van der Waals surface area contributed by atoms with Crippen LogP contribution >= 0.6 is 23.4 Å². The van der Waals surface area contributed by atoms with E-state index in [1.165, 1.54) is 24.5 Å². The van der Waals surface area contributed by atoms with Crippen LogP contribution in [0.15, 0.2) is 72.4 Å². The molecule has 4 aromatic rings. The molecule has 0 bridgehead atoms. The fraction of sp³-hybridized carbons (Fsp3) is 0.438. The Labute approximate surface area is 392 Å². The number of ether oxygens (including phenoxy) is 1. The molecule has 3 aromatic carbocycles. The predicted octanol–water partition coefficient (Wildman–Crippen LogP) is 6.78. The van der Waals surface area contributed by atoms with Crippen molar-refractivity contribution in [2.45, 2.75) is 81.3 Å². The molecule has 0 saturated carbocycles. The van der Waals surface area contributed by atoms with Crippen molar-refractivity contribution in [3.63, 3.8) is 0 Å². The lowest BCUT2D eigenvalue weighted by Gasteiger charge is -2.42. The molecule has 0 radical (unpaired) electrons. The number of unbranched alkanes of at least 4 members (excludes halogenated alkanes) is 2. The minimum Gasteiger partial charge on any atom is -0.491 e. The first-order valence-corrected chi connectivity index (χ1v) is 24.1. The smallest absolute Gasteiger partial charge is 0.255 e. The van der Waals surface area contributed by atoms with E-state index in [1.807, 2.05) is 23.1 Å². The number of piperazine rings is 1. The van der Waals surface area contributed by atoms with E-state index < -0.39 is 17.8 Å². The number of fused-ring (bicyclic) bond motifs is 2. The normalized spacial score (nSPS) is 18.3. The number of hydrogen-bond acceptors (Lipinski definition) is 12. The van der Waals surface area contributed by atoms with Crippen LogP contribution in [0.1, 0.15) is 73.7 Å². The van der Waals surface area contributed by atoms with Crippen molar-refractivity contribution in [1.82, 2.24) is 34.9 Å². The third-order valence-corrected chi connectivity index (χ3v) is 14.3. The van der Waals surface area contributed by atoms with Crippen molar-refractivity contribution in [3.8, 4) is 5.75 Å². The molecule has 3 N–H and O–H groups in total. The number of imide groups is 1. The second kappa shape index (κ2) is 21.8. The summed E-state index contributed by atoms with van der Waals surface area (Å²) in [5.74, 6) is 0.275. The lowest BCUT2D eigenvalue weighted by molar-refractivity contribution is -0.137. The first-order valence-electron chi connectivity index (χ1n) is 22.7. The quantitative estimate of drug-likeness (QED) is 0.0415. The molecule has 5 amide bonds. The van der Waals surface area contributed by atoms with Gasteiger partial charge in [-0.25, -0.2) is 14.4 Å². The molecule has 348 valence electrons. The van der Waals surface area contributed by atoms with Crippen molar-refractivity contribution in [2.24, 2.45) is 0 Å². The molecule has 0 aliphatic carbocycles. The molecule has 5 heterocycles. The van der Waals surface area contributed by atoms with E-state index in [2.05, 4.69) is 42.3 Å². The van der Waals surface area contributed by atoms with Crippen molar-refractivity contribution >= 4 is 81.0 Å². The fourth-order valence-corrected chi connectivity index (χ4v) is 10.5. The number of hydrogen-bond donors (Lipinski definition) is 3. The fourth-order valence-electron chi connectivity index (χ4n) is 9.20. The van der Waals surface area contributed by atoms with Gasteiger partial charge in [0.2, 0.25) is 23.6 Å². The average Bonchev–Trinajstić information content (AvgIpc) is 3.66. The number of carbonyl (C=O) groups is 5. The number of likely N-dealkylation sites (tertiary alicyclic amines) is 1. The van der Waals surface area contributed by atoms with Gasteiger partial charge in [-0.05, 0) is 105 Å². The van der Waals surface area contributed by atoms with Crippen LogP contribution in [0.4, 0.5) is 21.6 Å². The zero-order valence-corrected chi connectivity index (χ0v) is 38.4. The van der Waals surface area contributed by atoms with Gasteiger partial charge in [0, 0.05) is 85.8 Å². The Hall–Kier alpha value is -5.62. The Bertz CT molecular complexity index is 2480. The first kappa shape index (κ1) is 46.9. The molecule has 66 heavy (non-hydrogen) atoms. The number of halogens is 2. The summed E-state index contributed by atoms with van der Waals surface area (Å²) in [5, 5.41) is 8.96. The van der Waals surface area contributed by atoms with Crippen molar-refractivity contribution in [1.29, 1.82) is 0 Å². The third-order valence-electron chi connectivity index (χ3n) is 12.8. The van der Waals surface area contributed by atoms with Crippen LogP contribution in [-0.4, -0.2) is 129 Å². The monoisotopic (exact) mass is 939 g/mol. The standard InChI is InChI=1S/C48H55ClFN9O6S/c1-2-43(60)54-39-27-34-38(51-30-52-46(34)53-31-11-12-37(50)36(49)26-31)28-41(39)65-24-7-17-56-18-15-32(16-19-56)57-20-22-58(23-21-57)45(62)10-4-3-5-25-66-42-9-6-8-33-35(42)29-59(48(33)64)40-13-14-44(61)55-47(40)63/h2,6,8-9,11-12,26-28,30,32,40H,1,3-5,7,10,13-25,29H2,(H,54,60)(H,51,52,53)(H,55,61,63). The Kier molecular flexibility index (Phi) is 15.5. The molecular formula is C48H55ClFN9O6S. The van der Waals surface area contributed by atoms with Crippen molar-refractivity contribution in [2.75, 3.05) is 68.8 Å². The molecule has 8 rings (SSSR count). The van der Waals surface area contributed by atoms with E-state index in [0.717, 1.165) is 101 Å². The highest BCUT2D eigenvalue weighted by Gasteiger charge is 2.40. The van der Waals surface area contributed by atoms with Gasteiger partial charge in [0.25, 0.3) is 5.91 Å². The number of thioether (sulfide) groups is 1. The molecule has 3 saturated heterocycles. The van der Waals surface area contributed by atoms with Crippen LogP contribution in [0, 0.1) is 5.82 Å². The minimum atomic E-state index is -0.623. The highest BCUT2D eigenvalue weighted by Crippen LogP contribution is 2.36. The summed E-state index contributed by atoms with van der Waals surface area (Å²) in [6.45, 7) is 10.6. The molecule has 0 spiro atoms. The second-order valence-corrected chi connectivity index (χ2v) is 18.6. The maximum atomic E-state index is 13.8. The lowest BCUT2D eigenvalue weighted by atomic mass is 10.0. The maximum Gasteiger partial charge on any atom is 0.255 e. The van der Waals surface area contributed by atoms with Gasteiger partial charge in [-0.3, -0.25) is 34.2 Å². The molecule has 15 nitrogen and oxygen atoms in total. The van der Waals surface area contributed by atoms with Gasteiger partial charge in [-0.15, -0.1) is 11.8 Å². The molecule has 4 aliphatic rings. The first-order chi connectivity index (χ1) is 32.0. The number of nitrogens with zero attached hydrogens (tertiary/aromatic N) is 6. The van der Waals surface area contributed by atoms with E-state index in [4.69, 9.17) is 16.3 Å². The highest BCUT2D eigenvalue weighted by molar-refractivity contribution is 7.99. The Balaban J connectivity index is 0.715. The predicted molar refractivity (Wildman–Crippen MR) is 252 cm³/mol. The summed E-state index contributed by atoms with van der Waals surface area (Å²) in [7, 11) is 0. The van der Waals surface area contributed by atoms with Crippen LogP contribution in [0.3, 0.4) is 0 Å². The van der Waals surface area contributed by atoms with Gasteiger partial charge >= 0.3 is 0 Å². The summed E-state index contributed by atoms with van der Waals surface area (Å²) in [4.78, 5) is 81.3. The second-order valence-electron chi connectivity index (χ2n) is 17.1.